The number of carbonyl (C=O) groups is 3. The second kappa shape index (κ2) is 9.42. The summed E-state index contributed by atoms with van der Waals surface area (Å²) in [6, 6.07) is 16.0. The highest BCUT2D eigenvalue weighted by atomic mass is 79.9. The number of piperidine rings is 1. The van der Waals surface area contributed by atoms with Gasteiger partial charge in [0.25, 0.3) is 5.91 Å². The monoisotopic (exact) mass is 497 g/mol. The van der Waals surface area contributed by atoms with Crippen molar-refractivity contribution in [2.24, 2.45) is 5.73 Å². The first kappa shape index (κ1) is 22.5. The normalized spacial score (nSPS) is 18.5. The third-order valence-electron chi connectivity index (χ3n) is 6.28. The molecule has 2 aliphatic rings. The van der Waals surface area contributed by atoms with Crippen LogP contribution < -0.4 is 5.73 Å². The highest BCUT2D eigenvalue weighted by Gasteiger charge is 2.60. The maximum Gasteiger partial charge on any atom is 0.336 e. The lowest BCUT2D eigenvalue weighted by Gasteiger charge is -2.40. The fourth-order valence-electron chi connectivity index (χ4n) is 4.54. The molecule has 2 fully saturated rings. The van der Waals surface area contributed by atoms with E-state index in [1.807, 2.05) is 42.5 Å². The van der Waals surface area contributed by atoms with E-state index in [4.69, 9.17) is 5.73 Å². The molecule has 32 heavy (non-hydrogen) atoms. The van der Waals surface area contributed by atoms with Crippen molar-refractivity contribution in [2.75, 3.05) is 19.6 Å². The van der Waals surface area contributed by atoms with Crippen LogP contribution in [-0.2, 0) is 11.3 Å². The fourth-order valence-corrected chi connectivity index (χ4v) is 4.81. The van der Waals surface area contributed by atoms with E-state index < -0.39 is 17.6 Å². The minimum atomic E-state index is -1.18. The number of likely N-dealkylation sites (tertiary alicyclic amines) is 1. The Bertz CT molecular complexity index is 988. The van der Waals surface area contributed by atoms with Gasteiger partial charge >= 0.3 is 12.1 Å². The van der Waals surface area contributed by atoms with E-state index >= 15 is 0 Å². The summed E-state index contributed by atoms with van der Waals surface area (Å²) in [4.78, 5) is 43.0. The molecule has 8 heteroatoms. The lowest BCUT2D eigenvalue weighted by Crippen LogP contribution is -2.59. The van der Waals surface area contributed by atoms with E-state index in [9.17, 15) is 14.4 Å². The van der Waals surface area contributed by atoms with Crippen molar-refractivity contribution in [1.29, 1.82) is 0 Å². The quantitative estimate of drug-likeness (QED) is 0.615. The predicted molar refractivity (Wildman–Crippen MR) is 124 cm³/mol. The molecular formula is C24H26BrN4O3. The molecule has 0 unspecified atom stereocenters. The van der Waals surface area contributed by atoms with Gasteiger partial charge in [-0.05, 0) is 55.5 Å². The van der Waals surface area contributed by atoms with Gasteiger partial charge in [0, 0.05) is 17.6 Å². The van der Waals surface area contributed by atoms with Gasteiger partial charge in [-0.2, -0.15) is 0 Å². The van der Waals surface area contributed by atoms with Crippen LogP contribution in [0.4, 0.5) is 9.59 Å². The smallest absolute Gasteiger partial charge is 0.336 e. The van der Waals surface area contributed by atoms with E-state index in [0.717, 1.165) is 32.8 Å². The lowest BCUT2D eigenvalue weighted by molar-refractivity contribution is -0.135. The molecule has 2 saturated heterocycles. The molecule has 2 aromatic carbocycles. The molecule has 2 heterocycles. The van der Waals surface area contributed by atoms with Crippen LogP contribution in [0.3, 0.4) is 0 Å². The predicted octanol–water partition coefficient (Wildman–Crippen LogP) is 3.77. The Hall–Kier alpha value is -2.71. The standard InChI is InChI=1S/C24H26BrN4O3/c25-20-10-8-19(9-11-20)17-28-21(30)24(29(22(26)31)23(28)32)12-15-27(16-13-24)14-4-7-18-5-2-1-3-6-18/h1-3,5-11H,4,12-17H2,(H2,26,31). The first-order valence-corrected chi connectivity index (χ1v) is 11.5. The fraction of sp³-hybridized carbons (Fsp3) is 0.333. The van der Waals surface area contributed by atoms with Crippen LogP contribution in [0.15, 0.2) is 59.1 Å². The van der Waals surface area contributed by atoms with Gasteiger partial charge in [-0.25, -0.2) is 14.5 Å². The Kier molecular flexibility index (Phi) is 6.62. The van der Waals surface area contributed by atoms with Crippen molar-refractivity contribution in [2.45, 2.75) is 31.3 Å². The Morgan fingerprint density at radius 2 is 1.69 bits per heavy atom. The van der Waals surface area contributed by atoms with Gasteiger partial charge in [0.2, 0.25) is 0 Å². The number of amides is 5. The average Bonchev–Trinajstić information content (AvgIpc) is 2.98. The summed E-state index contributed by atoms with van der Waals surface area (Å²) in [6.45, 7) is 2.22. The van der Waals surface area contributed by atoms with Crippen LogP contribution in [0.2, 0.25) is 0 Å². The van der Waals surface area contributed by atoms with Crippen LogP contribution >= 0.6 is 15.9 Å². The number of nitrogens with two attached hydrogens (primary N) is 1. The number of primary amides is 1. The van der Waals surface area contributed by atoms with Gasteiger partial charge in [0.15, 0.2) is 0 Å². The second-order valence-electron chi connectivity index (χ2n) is 8.25. The molecule has 0 atom stereocenters. The van der Waals surface area contributed by atoms with Gasteiger partial charge in [-0.15, -0.1) is 0 Å². The summed E-state index contributed by atoms with van der Waals surface area (Å²) in [7, 11) is 0. The van der Waals surface area contributed by atoms with E-state index in [2.05, 4.69) is 39.4 Å². The third-order valence-corrected chi connectivity index (χ3v) is 6.80. The summed E-state index contributed by atoms with van der Waals surface area (Å²) in [5, 5.41) is 0. The molecule has 2 aliphatic heterocycles. The zero-order valence-corrected chi connectivity index (χ0v) is 19.3. The molecule has 1 spiro atoms. The summed E-state index contributed by atoms with van der Waals surface area (Å²) in [5.41, 5.74) is 6.38. The van der Waals surface area contributed by atoms with Crippen LogP contribution in [0.1, 0.15) is 30.4 Å². The maximum absolute atomic E-state index is 13.4. The number of benzene rings is 2. The molecular weight excluding hydrogens is 472 g/mol. The summed E-state index contributed by atoms with van der Waals surface area (Å²) >= 11 is 3.38. The molecule has 0 saturated carbocycles. The number of rotatable bonds is 6. The van der Waals surface area contributed by atoms with Crippen molar-refractivity contribution in [3.05, 3.63) is 76.6 Å². The third kappa shape index (κ3) is 4.42. The minimum Gasteiger partial charge on any atom is -0.351 e. The van der Waals surface area contributed by atoms with Gasteiger partial charge in [-0.3, -0.25) is 9.69 Å². The first-order valence-electron chi connectivity index (χ1n) is 10.7. The van der Waals surface area contributed by atoms with Crippen LogP contribution in [0, 0.1) is 6.42 Å². The van der Waals surface area contributed by atoms with Crippen molar-refractivity contribution >= 4 is 33.9 Å². The molecule has 167 valence electrons. The number of imide groups is 2. The first-order chi connectivity index (χ1) is 15.4. The molecule has 0 bridgehead atoms. The summed E-state index contributed by atoms with van der Waals surface area (Å²) in [5.74, 6) is -0.334. The van der Waals surface area contributed by atoms with E-state index in [1.165, 1.54) is 5.56 Å². The zero-order valence-electron chi connectivity index (χ0n) is 17.7. The summed E-state index contributed by atoms with van der Waals surface area (Å²) < 4.78 is 0.910. The van der Waals surface area contributed by atoms with Crippen molar-refractivity contribution < 1.29 is 14.4 Å². The molecule has 0 aliphatic carbocycles. The lowest BCUT2D eigenvalue weighted by atomic mass is 9.85. The van der Waals surface area contributed by atoms with E-state index in [1.54, 1.807) is 0 Å². The van der Waals surface area contributed by atoms with Crippen LogP contribution in [0.25, 0.3) is 0 Å². The topological polar surface area (TPSA) is 87.0 Å². The Morgan fingerprint density at radius 3 is 2.31 bits per heavy atom. The average molecular weight is 498 g/mol. The molecule has 4 rings (SSSR count). The maximum atomic E-state index is 13.4. The van der Waals surface area contributed by atoms with E-state index in [0.29, 0.717) is 25.9 Å². The number of nitrogens with zero attached hydrogens (tertiary/aromatic N) is 3. The largest absolute Gasteiger partial charge is 0.351 e. The van der Waals surface area contributed by atoms with Crippen LogP contribution in [-0.4, -0.2) is 57.8 Å². The number of carbonyl (C=O) groups excluding carboxylic acids is 3. The van der Waals surface area contributed by atoms with Gasteiger partial charge in [0.05, 0.1) is 6.54 Å². The van der Waals surface area contributed by atoms with E-state index in [-0.39, 0.29) is 12.5 Å². The van der Waals surface area contributed by atoms with Crippen LogP contribution in [0.5, 0.6) is 0 Å². The number of hydrogen-bond donors (Lipinski definition) is 1. The summed E-state index contributed by atoms with van der Waals surface area (Å²) in [6.07, 6.45) is 3.86. The Labute approximate surface area is 196 Å². The number of halogens is 1. The van der Waals surface area contributed by atoms with Crippen molar-refractivity contribution in [3.63, 3.8) is 0 Å². The molecule has 2 N–H and O–H groups in total. The Balaban J connectivity index is 1.42. The highest BCUT2D eigenvalue weighted by molar-refractivity contribution is 9.10. The molecule has 0 aromatic heterocycles. The second-order valence-corrected chi connectivity index (χ2v) is 9.17. The molecule has 7 nitrogen and oxygen atoms in total. The molecule has 1 radical (unpaired) electrons. The SMILES string of the molecule is NC(=O)N1C(=O)N(Cc2ccc(Br)cc2)C(=O)C12CCN(CC[CH]c1ccccc1)CC2. The highest BCUT2D eigenvalue weighted by Crippen LogP contribution is 2.38. The van der Waals surface area contributed by atoms with Gasteiger partial charge in [-0.1, -0.05) is 58.4 Å². The zero-order chi connectivity index (χ0) is 22.7. The van der Waals surface area contributed by atoms with Crippen molar-refractivity contribution in [1.82, 2.24) is 14.7 Å². The van der Waals surface area contributed by atoms with Gasteiger partial charge in [0.1, 0.15) is 5.54 Å². The Morgan fingerprint density at radius 1 is 1.03 bits per heavy atom. The number of hydrogen-bond acceptors (Lipinski definition) is 4. The molecule has 5 amide bonds. The minimum absolute atomic E-state index is 0.117. The van der Waals surface area contributed by atoms with Gasteiger partial charge < -0.3 is 10.6 Å². The van der Waals surface area contributed by atoms with Crippen molar-refractivity contribution in [3.8, 4) is 0 Å². The number of urea groups is 2. The molecule has 2 aromatic rings.